The third-order valence-corrected chi connectivity index (χ3v) is 16.7. The van der Waals surface area contributed by atoms with Crippen LogP contribution in [0.25, 0.3) is 38.9 Å². The first-order valence-corrected chi connectivity index (χ1v) is 22.0. The summed E-state index contributed by atoms with van der Waals surface area (Å²) in [6.45, 7) is 0. The monoisotopic (exact) mass is 776 g/mol. The van der Waals surface area contributed by atoms with E-state index in [1.165, 1.54) is 26.4 Å². The van der Waals surface area contributed by atoms with Gasteiger partial charge in [-0.25, -0.2) is 9.37 Å². The van der Waals surface area contributed by atoms with Crippen LogP contribution in [0, 0.1) is 0 Å². The Hall–Kier alpha value is -7.41. The van der Waals surface area contributed by atoms with Crippen LogP contribution in [0.1, 0.15) is 17.3 Å². The van der Waals surface area contributed by atoms with Gasteiger partial charge in [0.2, 0.25) is 0 Å². The van der Waals surface area contributed by atoms with E-state index in [0.29, 0.717) is 11.1 Å². The Labute approximate surface area is 343 Å². The van der Waals surface area contributed by atoms with Crippen molar-refractivity contribution in [3.05, 3.63) is 230 Å². The zero-order chi connectivity index (χ0) is 39.3. The third-order valence-electron chi connectivity index (χ3n) is 11.8. The molecule has 0 spiro atoms. The lowest BCUT2D eigenvalue weighted by atomic mass is 9.99. The number of nitrogens with zero attached hydrogens (tertiary/aromatic N) is 4. The summed E-state index contributed by atoms with van der Waals surface area (Å²) in [7, 11) is -2.99. The molecule has 6 heteroatoms. The van der Waals surface area contributed by atoms with Gasteiger partial charge in [0, 0.05) is 51.5 Å². The number of benzene rings is 7. The van der Waals surface area contributed by atoms with Crippen LogP contribution < -0.4 is 25.6 Å². The molecule has 0 radical (unpaired) electrons. The molecule has 4 heterocycles. The first-order chi connectivity index (χ1) is 29.2. The number of hydrogen-bond acceptors (Lipinski definition) is 3. The van der Waals surface area contributed by atoms with Gasteiger partial charge in [-0.3, -0.25) is 9.55 Å². The summed E-state index contributed by atoms with van der Waals surface area (Å²) in [5, 5.41) is 7.34. The Morgan fingerprint density at radius 2 is 1.10 bits per heavy atom. The van der Waals surface area contributed by atoms with Gasteiger partial charge in [-0.2, -0.15) is 0 Å². The highest BCUT2D eigenvalue weighted by Crippen LogP contribution is 2.42. The van der Waals surface area contributed by atoms with Crippen LogP contribution in [0.15, 0.2) is 219 Å². The highest BCUT2D eigenvalue weighted by Gasteiger charge is 2.49. The average molecular weight is 777 g/mol. The predicted octanol–water partition coefficient (Wildman–Crippen LogP) is 10.5. The van der Waals surface area contributed by atoms with Crippen LogP contribution in [-0.4, -0.2) is 22.6 Å². The largest absolute Gasteiger partial charge is 0.311 e. The van der Waals surface area contributed by atoms with Gasteiger partial charge in [0.05, 0.1) is 11.2 Å². The molecule has 280 valence electrons. The first kappa shape index (κ1) is 34.8. The smallest absolute Gasteiger partial charge is 0.184 e. The SMILES string of the molecule is FC(c1cccc(-c2ccccn2)c1)c1cccc(-n2c3cc4c(cc3c3cccnc32)N(c2ccccc2)c2ccccc2[Si]4(c2ccccc2)c2ccccc2)c1. The number of hydrogen-bond donors (Lipinski definition) is 0. The normalized spacial score (nSPS) is 13.5. The average Bonchev–Trinajstić information content (AvgIpc) is 3.64. The summed E-state index contributed by atoms with van der Waals surface area (Å²) in [4.78, 5) is 12.0. The third kappa shape index (κ3) is 5.56. The van der Waals surface area contributed by atoms with Crippen molar-refractivity contribution in [3.63, 3.8) is 0 Å². The van der Waals surface area contributed by atoms with Gasteiger partial charge in [-0.15, -0.1) is 0 Å². The van der Waals surface area contributed by atoms with Crippen molar-refractivity contribution in [3.8, 4) is 16.9 Å². The van der Waals surface area contributed by atoms with Crippen molar-refractivity contribution in [2.45, 2.75) is 6.17 Å². The fourth-order valence-corrected chi connectivity index (χ4v) is 14.4. The minimum atomic E-state index is -2.99. The lowest BCUT2D eigenvalue weighted by Crippen LogP contribution is -2.77. The number of para-hydroxylation sites is 2. The molecule has 0 bridgehead atoms. The molecule has 1 unspecified atom stereocenters. The van der Waals surface area contributed by atoms with Gasteiger partial charge < -0.3 is 4.90 Å². The van der Waals surface area contributed by atoms with Gasteiger partial charge in [0.1, 0.15) is 5.65 Å². The van der Waals surface area contributed by atoms with E-state index in [-0.39, 0.29) is 0 Å². The molecule has 0 fully saturated rings. The molecule has 1 atom stereocenters. The second-order valence-electron chi connectivity index (χ2n) is 15.1. The van der Waals surface area contributed by atoms with E-state index in [2.05, 4.69) is 154 Å². The van der Waals surface area contributed by atoms with Crippen molar-refractivity contribution < 1.29 is 4.39 Å². The quantitative estimate of drug-likeness (QED) is 0.151. The topological polar surface area (TPSA) is 34.0 Å². The highest BCUT2D eigenvalue weighted by molar-refractivity contribution is 7.21. The molecule has 0 saturated carbocycles. The summed E-state index contributed by atoms with van der Waals surface area (Å²) in [6.07, 6.45) is 2.26. The minimum Gasteiger partial charge on any atom is -0.311 e. The van der Waals surface area contributed by atoms with E-state index in [1.807, 2.05) is 72.9 Å². The molecule has 11 rings (SSSR count). The molecule has 10 aromatic rings. The maximum atomic E-state index is 16.8. The van der Waals surface area contributed by atoms with Crippen LogP contribution in [0.2, 0.25) is 0 Å². The number of rotatable bonds is 7. The van der Waals surface area contributed by atoms with E-state index < -0.39 is 14.2 Å². The molecule has 0 N–H and O–H groups in total. The Bertz CT molecular complexity index is 3090. The van der Waals surface area contributed by atoms with Gasteiger partial charge in [0.15, 0.2) is 14.2 Å². The second-order valence-corrected chi connectivity index (χ2v) is 18.8. The second kappa shape index (κ2) is 14.2. The van der Waals surface area contributed by atoms with Crippen LogP contribution in [0.4, 0.5) is 21.5 Å². The molecule has 0 aliphatic carbocycles. The van der Waals surface area contributed by atoms with Gasteiger partial charge >= 0.3 is 0 Å². The molecule has 0 saturated heterocycles. The lowest BCUT2D eigenvalue weighted by Gasteiger charge is -2.45. The zero-order valence-electron chi connectivity index (χ0n) is 32.0. The van der Waals surface area contributed by atoms with Crippen molar-refractivity contribution in [1.29, 1.82) is 0 Å². The number of aromatic nitrogens is 3. The maximum absolute atomic E-state index is 16.8. The molecular formula is C53H37FN4Si. The standard InChI is InChI=1S/C53H37FN4Si/c54-52(38-18-14-17-37(33-38)46-28-12-13-31-55-46)39-19-15-22-41(34-39)58-48-36-51-49(35-45(48)44-27-16-32-56-53(44)58)57(40-20-4-1-5-21-40)47-29-10-11-30-50(47)59(51,42-23-6-2-7-24-42)43-25-8-3-9-26-43/h1-36,52H. The molecular weight excluding hydrogens is 740 g/mol. The van der Waals surface area contributed by atoms with Crippen LogP contribution >= 0.6 is 0 Å². The Kier molecular flexibility index (Phi) is 8.38. The Morgan fingerprint density at radius 3 is 1.85 bits per heavy atom. The molecule has 1 aliphatic heterocycles. The van der Waals surface area contributed by atoms with E-state index in [1.54, 1.807) is 6.20 Å². The number of anilines is 3. The summed E-state index contributed by atoms with van der Waals surface area (Å²) in [6, 6.07) is 72.1. The lowest BCUT2D eigenvalue weighted by molar-refractivity contribution is 0.402. The predicted molar refractivity (Wildman–Crippen MR) is 243 cm³/mol. The summed E-state index contributed by atoms with van der Waals surface area (Å²) in [5.41, 5.74) is 8.99. The fourth-order valence-electron chi connectivity index (χ4n) is 9.31. The number of fused-ring (bicyclic) bond motifs is 5. The molecule has 3 aromatic heterocycles. The molecule has 7 aromatic carbocycles. The summed E-state index contributed by atoms with van der Waals surface area (Å²) < 4.78 is 19.0. The number of pyridine rings is 2. The van der Waals surface area contributed by atoms with Gasteiger partial charge in [-0.1, -0.05) is 133 Å². The van der Waals surface area contributed by atoms with Crippen molar-refractivity contribution in [2.24, 2.45) is 0 Å². The van der Waals surface area contributed by atoms with Crippen LogP contribution in [0.5, 0.6) is 0 Å². The maximum Gasteiger partial charge on any atom is 0.184 e. The van der Waals surface area contributed by atoms with Gasteiger partial charge in [0.25, 0.3) is 0 Å². The summed E-state index contributed by atoms with van der Waals surface area (Å²) >= 11 is 0. The van der Waals surface area contributed by atoms with Gasteiger partial charge in [-0.05, 0) is 105 Å². The van der Waals surface area contributed by atoms with Crippen molar-refractivity contribution in [2.75, 3.05) is 4.90 Å². The van der Waals surface area contributed by atoms with Crippen molar-refractivity contribution >= 4 is 67.8 Å². The van der Waals surface area contributed by atoms with Crippen LogP contribution in [-0.2, 0) is 0 Å². The molecule has 59 heavy (non-hydrogen) atoms. The first-order valence-electron chi connectivity index (χ1n) is 20.0. The van der Waals surface area contributed by atoms with E-state index in [0.717, 1.165) is 50.3 Å². The zero-order valence-corrected chi connectivity index (χ0v) is 33.0. The number of halogens is 1. The summed E-state index contributed by atoms with van der Waals surface area (Å²) in [5.74, 6) is 0. The number of alkyl halides is 1. The molecule has 1 aliphatic rings. The molecule has 4 nitrogen and oxygen atoms in total. The Morgan fingerprint density at radius 1 is 0.458 bits per heavy atom. The van der Waals surface area contributed by atoms with Crippen molar-refractivity contribution in [1.82, 2.24) is 14.5 Å². The molecule has 0 amide bonds. The fraction of sp³-hybridized carbons (Fsp3) is 0.0189. The Balaban J connectivity index is 1.19. The minimum absolute atomic E-state index is 0.575. The highest BCUT2D eigenvalue weighted by atomic mass is 28.3. The van der Waals surface area contributed by atoms with E-state index in [9.17, 15) is 0 Å². The van der Waals surface area contributed by atoms with E-state index >= 15 is 4.39 Å². The van der Waals surface area contributed by atoms with Crippen LogP contribution in [0.3, 0.4) is 0 Å². The van der Waals surface area contributed by atoms with E-state index in [4.69, 9.17) is 4.98 Å².